The molecule has 0 aliphatic heterocycles. The zero-order valence-electron chi connectivity index (χ0n) is 13.7. The number of rotatable bonds is 8. The van der Waals surface area contributed by atoms with Gasteiger partial charge in [0.05, 0.1) is 13.7 Å². The molecule has 0 atom stereocenters. The standard InChI is InChI=1S/C16H26N2O4/c1-16(2,3)18-15(20)11-22-13-6-5-12(9-14(13)21-4)10-17-7-8-19/h5-6,9,17,19H,7-8,10-11H2,1-4H3,(H,18,20). The number of benzene rings is 1. The number of carbonyl (C=O) groups excluding carboxylic acids is 1. The van der Waals surface area contributed by atoms with E-state index in [9.17, 15) is 4.79 Å². The second kappa shape index (κ2) is 8.60. The molecule has 6 heteroatoms. The first-order chi connectivity index (χ1) is 10.4. The summed E-state index contributed by atoms with van der Waals surface area (Å²) in [5.41, 5.74) is 0.726. The second-order valence-electron chi connectivity index (χ2n) is 5.97. The van der Waals surface area contributed by atoms with Crippen molar-refractivity contribution in [2.24, 2.45) is 0 Å². The van der Waals surface area contributed by atoms with Gasteiger partial charge in [-0.25, -0.2) is 0 Å². The molecular formula is C16H26N2O4. The van der Waals surface area contributed by atoms with Crippen molar-refractivity contribution in [3.63, 3.8) is 0 Å². The van der Waals surface area contributed by atoms with Gasteiger partial charge in [-0.1, -0.05) is 6.07 Å². The summed E-state index contributed by atoms with van der Waals surface area (Å²) in [6, 6.07) is 5.52. The van der Waals surface area contributed by atoms with Crippen LogP contribution in [0.5, 0.6) is 11.5 Å². The van der Waals surface area contributed by atoms with E-state index < -0.39 is 0 Å². The van der Waals surface area contributed by atoms with E-state index in [-0.39, 0.29) is 24.7 Å². The van der Waals surface area contributed by atoms with Crippen LogP contribution in [0.4, 0.5) is 0 Å². The Morgan fingerprint density at radius 3 is 2.59 bits per heavy atom. The average Bonchev–Trinajstić information content (AvgIpc) is 2.44. The number of nitrogens with one attached hydrogen (secondary N) is 2. The van der Waals surface area contributed by atoms with Gasteiger partial charge in [0.15, 0.2) is 18.1 Å². The van der Waals surface area contributed by atoms with Crippen molar-refractivity contribution >= 4 is 5.91 Å². The maximum Gasteiger partial charge on any atom is 0.258 e. The first-order valence-electron chi connectivity index (χ1n) is 7.28. The zero-order chi connectivity index (χ0) is 16.6. The maximum atomic E-state index is 11.8. The lowest BCUT2D eigenvalue weighted by atomic mass is 10.1. The molecule has 0 aliphatic carbocycles. The third-order valence-corrected chi connectivity index (χ3v) is 2.72. The molecule has 1 rings (SSSR count). The van der Waals surface area contributed by atoms with Gasteiger partial charge in [-0.2, -0.15) is 0 Å². The minimum absolute atomic E-state index is 0.0598. The second-order valence-corrected chi connectivity index (χ2v) is 5.97. The Balaban J connectivity index is 2.61. The smallest absolute Gasteiger partial charge is 0.258 e. The number of methoxy groups -OCH3 is 1. The first kappa shape index (κ1) is 18.3. The maximum absolute atomic E-state index is 11.8. The van der Waals surface area contributed by atoms with Crippen LogP contribution in [0.1, 0.15) is 26.3 Å². The molecule has 0 fully saturated rings. The number of ether oxygens (including phenoxy) is 2. The largest absolute Gasteiger partial charge is 0.493 e. The lowest BCUT2D eigenvalue weighted by Gasteiger charge is -2.20. The zero-order valence-corrected chi connectivity index (χ0v) is 13.7. The highest BCUT2D eigenvalue weighted by molar-refractivity contribution is 5.78. The number of hydrogen-bond donors (Lipinski definition) is 3. The van der Waals surface area contributed by atoms with Crippen molar-refractivity contribution in [3.05, 3.63) is 23.8 Å². The van der Waals surface area contributed by atoms with Gasteiger partial charge >= 0.3 is 0 Å². The predicted octanol–water partition coefficient (Wildman–Crippen LogP) is 1.07. The molecule has 0 heterocycles. The fourth-order valence-corrected chi connectivity index (χ4v) is 1.85. The number of aliphatic hydroxyl groups is 1. The monoisotopic (exact) mass is 310 g/mol. The average molecular weight is 310 g/mol. The van der Waals surface area contributed by atoms with E-state index in [2.05, 4.69) is 10.6 Å². The predicted molar refractivity (Wildman–Crippen MR) is 85.2 cm³/mol. The van der Waals surface area contributed by atoms with Gasteiger partial charge in [0.2, 0.25) is 0 Å². The van der Waals surface area contributed by atoms with E-state index in [1.54, 1.807) is 13.2 Å². The fraction of sp³-hybridized carbons (Fsp3) is 0.562. The molecule has 0 saturated heterocycles. The summed E-state index contributed by atoms with van der Waals surface area (Å²) in [6.07, 6.45) is 0. The molecule has 0 aliphatic rings. The molecule has 0 unspecified atom stereocenters. The highest BCUT2D eigenvalue weighted by atomic mass is 16.5. The summed E-state index contributed by atoms with van der Waals surface area (Å²) >= 11 is 0. The highest BCUT2D eigenvalue weighted by Crippen LogP contribution is 2.28. The van der Waals surface area contributed by atoms with Crippen molar-refractivity contribution < 1.29 is 19.4 Å². The highest BCUT2D eigenvalue weighted by Gasteiger charge is 2.15. The van der Waals surface area contributed by atoms with Crippen molar-refractivity contribution in [3.8, 4) is 11.5 Å². The topological polar surface area (TPSA) is 79.8 Å². The molecule has 1 aromatic rings. The minimum atomic E-state index is -0.285. The molecule has 0 bridgehead atoms. The van der Waals surface area contributed by atoms with Gasteiger partial charge in [-0.15, -0.1) is 0 Å². The summed E-state index contributed by atoms with van der Waals surface area (Å²) < 4.78 is 10.8. The Kier molecular flexibility index (Phi) is 7.14. The SMILES string of the molecule is COc1cc(CNCCO)ccc1OCC(=O)NC(C)(C)C. The molecule has 0 saturated carbocycles. The van der Waals surface area contributed by atoms with Crippen LogP contribution in [0.25, 0.3) is 0 Å². The molecular weight excluding hydrogens is 284 g/mol. The Hall–Kier alpha value is -1.79. The Morgan fingerprint density at radius 1 is 1.27 bits per heavy atom. The molecule has 22 heavy (non-hydrogen) atoms. The van der Waals surface area contributed by atoms with Crippen LogP contribution >= 0.6 is 0 Å². The third kappa shape index (κ3) is 6.78. The van der Waals surface area contributed by atoms with Gasteiger partial charge in [-0.3, -0.25) is 4.79 Å². The van der Waals surface area contributed by atoms with Crippen LogP contribution < -0.4 is 20.1 Å². The van der Waals surface area contributed by atoms with E-state index in [1.807, 2.05) is 32.9 Å². The lowest BCUT2D eigenvalue weighted by molar-refractivity contribution is -0.124. The van der Waals surface area contributed by atoms with E-state index in [4.69, 9.17) is 14.6 Å². The molecule has 124 valence electrons. The van der Waals surface area contributed by atoms with Crippen LogP contribution in [-0.2, 0) is 11.3 Å². The van der Waals surface area contributed by atoms with Crippen LogP contribution in [0.3, 0.4) is 0 Å². The molecule has 0 spiro atoms. The van der Waals surface area contributed by atoms with Crippen molar-refractivity contribution in [1.29, 1.82) is 0 Å². The molecule has 0 aromatic heterocycles. The van der Waals surface area contributed by atoms with Gasteiger partial charge in [0.25, 0.3) is 5.91 Å². The molecule has 6 nitrogen and oxygen atoms in total. The lowest BCUT2D eigenvalue weighted by Crippen LogP contribution is -2.43. The Labute approximate surface area is 131 Å². The van der Waals surface area contributed by atoms with Gasteiger partial charge < -0.3 is 25.2 Å². The summed E-state index contributed by atoms with van der Waals surface area (Å²) in [5.74, 6) is 0.924. The van der Waals surface area contributed by atoms with Gasteiger partial charge in [-0.05, 0) is 38.5 Å². The molecule has 1 amide bonds. The van der Waals surface area contributed by atoms with E-state index in [0.29, 0.717) is 24.6 Å². The van der Waals surface area contributed by atoms with Gasteiger partial charge in [0, 0.05) is 18.6 Å². The fourth-order valence-electron chi connectivity index (χ4n) is 1.85. The number of amides is 1. The Morgan fingerprint density at radius 2 is 2.00 bits per heavy atom. The molecule has 1 aromatic carbocycles. The summed E-state index contributed by atoms with van der Waals surface area (Å²) in [4.78, 5) is 11.8. The van der Waals surface area contributed by atoms with Crippen LogP contribution in [-0.4, -0.2) is 43.4 Å². The number of hydrogen-bond acceptors (Lipinski definition) is 5. The van der Waals surface area contributed by atoms with E-state index in [1.165, 1.54) is 0 Å². The first-order valence-corrected chi connectivity index (χ1v) is 7.28. The minimum Gasteiger partial charge on any atom is -0.493 e. The van der Waals surface area contributed by atoms with E-state index >= 15 is 0 Å². The van der Waals surface area contributed by atoms with Crippen LogP contribution in [0, 0.1) is 0 Å². The van der Waals surface area contributed by atoms with E-state index in [0.717, 1.165) is 5.56 Å². The van der Waals surface area contributed by atoms with Crippen molar-refractivity contribution in [1.82, 2.24) is 10.6 Å². The summed E-state index contributed by atoms with van der Waals surface area (Å²) in [5, 5.41) is 14.7. The van der Waals surface area contributed by atoms with Crippen molar-refractivity contribution in [2.45, 2.75) is 32.9 Å². The molecule has 0 radical (unpaired) electrons. The van der Waals surface area contributed by atoms with Crippen LogP contribution in [0.15, 0.2) is 18.2 Å². The number of carbonyl (C=O) groups is 1. The quantitative estimate of drug-likeness (QED) is 0.626. The van der Waals surface area contributed by atoms with Gasteiger partial charge in [0.1, 0.15) is 0 Å². The number of aliphatic hydroxyl groups excluding tert-OH is 1. The van der Waals surface area contributed by atoms with Crippen molar-refractivity contribution in [2.75, 3.05) is 26.9 Å². The molecule has 3 N–H and O–H groups in total. The summed E-state index contributed by atoms with van der Waals surface area (Å²) in [6.45, 7) is 6.95. The Bertz CT molecular complexity index is 484. The summed E-state index contributed by atoms with van der Waals surface area (Å²) in [7, 11) is 1.56. The van der Waals surface area contributed by atoms with Crippen LogP contribution in [0.2, 0.25) is 0 Å². The normalized spacial score (nSPS) is 11.1. The third-order valence-electron chi connectivity index (χ3n) is 2.72.